The first kappa shape index (κ1) is 7.97. The lowest BCUT2D eigenvalue weighted by Gasteiger charge is -2.01. The van der Waals surface area contributed by atoms with E-state index in [1.165, 1.54) is 18.5 Å². The van der Waals surface area contributed by atoms with Gasteiger partial charge < -0.3 is 9.75 Å². The highest BCUT2D eigenvalue weighted by molar-refractivity contribution is 5.54. The van der Waals surface area contributed by atoms with Gasteiger partial charge >= 0.3 is 0 Å². The van der Waals surface area contributed by atoms with Crippen molar-refractivity contribution < 1.29 is 4.74 Å². The maximum Gasteiger partial charge on any atom is 0.206 e. The van der Waals surface area contributed by atoms with Crippen LogP contribution in [0.15, 0.2) is 17.5 Å². The molecule has 4 nitrogen and oxygen atoms in total. The predicted molar refractivity (Wildman–Crippen MR) is 36.6 cm³/mol. The lowest BCUT2D eigenvalue weighted by molar-refractivity contribution is 0.290. The number of rotatable bonds is 3. The van der Waals surface area contributed by atoms with Crippen molar-refractivity contribution in [2.75, 3.05) is 14.2 Å². The molecule has 0 aliphatic rings. The van der Waals surface area contributed by atoms with Crippen molar-refractivity contribution in [2.24, 2.45) is 10.8 Å². The van der Waals surface area contributed by atoms with E-state index in [1.807, 2.05) is 0 Å². The number of aliphatic imine (C=N–C) groups is 1. The summed E-state index contributed by atoms with van der Waals surface area (Å²) >= 11 is 0. The Labute approximate surface area is 54.6 Å². The first-order valence-corrected chi connectivity index (χ1v) is 2.41. The molecule has 0 bridgehead atoms. The highest BCUT2D eigenvalue weighted by atomic mass is 16.5. The molecule has 0 heterocycles. The maximum absolute atomic E-state index is 5.18. The monoisotopic (exact) mass is 129 g/mol. The minimum absolute atomic E-state index is 0.340. The molecule has 2 N–H and O–H groups in total. The number of ether oxygens (including phenoxy) is 1. The summed E-state index contributed by atoms with van der Waals surface area (Å²) in [5, 5.41) is 1.31. The lowest BCUT2D eigenvalue weighted by atomic mass is 10.9. The Bertz CT molecular complexity index is 119. The molecule has 0 aromatic heterocycles. The number of hydrazine groups is 1. The van der Waals surface area contributed by atoms with E-state index in [0.717, 1.165) is 0 Å². The van der Waals surface area contributed by atoms with Crippen LogP contribution in [0.5, 0.6) is 0 Å². The van der Waals surface area contributed by atoms with Crippen molar-refractivity contribution in [3.8, 4) is 0 Å². The number of hydrogen-bond acceptors (Lipinski definition) is 3. The lowest BCUT2D eigenvalue weighted by Crippen LogP contribution is -2.23. The zero-order chi connectivity index (χ0) is 7.28. The Hall–Kier alpha value is -1.03. The van der Waals surface area contributed by atoms with E-state index in [0.29, 0.717) is 5.88 Å². The third-order valence-electron chi connectivity index (χ3n) is 0.619. The van der Waals surface area contributed by atoms with Gasteiger partial charge in [0.2, 0.25) is 5.88 Å². The maximum atomic E-state index is 5.18. The zero-order valence-electron chi connectivity index (χ0n) is 5.66. The van der Waals surface area contributed by atoms with Gasteiger partial charge in [-0.1, -0.05) is 0 Å². The average molecular weight is 129 g/mol. The molecule has 0 rings (SSSR count). The second-order valence-corrected chi connectivity index (χ2v) is 1.51. The summed E-state index contributed by atoms with van der Waals surface area (Å²) in [5.41, 5.74) is 0. The number of methoxy groups -OCH3 is 1. The topological polar surface area (TPSA) is 50.8 Å². The Kier molecular flexibility index (Phi) is 3.46. The molecule has 9 heavy (non-hydrogen) atoms. The predicted octanol–water partition coefficient (Wildman–Crippen LogP) is -0.0622. The first-order chi connectivity index (χ1) is 4.16. The molecule has 0 atom stereocenters. The first-order valence-electron chi connectivity index (χ1n) is 2.41. The van der Waals surface area contributed by atoms with Crippen molar-refractivity contribution in [2.45, 2.75) is 0 Å². The third kappa shape index (κ3) is 4.83. The second kappa shape index (κ2) is 3.91. The molecule has 0 fully saturated rings. The molecular formula is C5H11N3O. The van der Waals surface area contributed by atoms with Crippen LogP contribution in [0.4, 0.5) is 0 Å². The molecule has 0 aliphatic heterocycles. The van der Waals surface area contributed by atoms with E-state index in [2.05, 4.69) is 16.3 Å². The standard InChI is InChI=1S/C5H11N3O/c1-5(9-3)7-4-8(2)6/h4H,1,6H2,2-3H3. The summed E-state index contributed by atoms with van der Waals surface area (Å²) in [6, 6.07) is 0. The van der Waals surface area contributed by atoms with Crippen LogP contribution in [0.1, 0.15) is 0 Å². The van der Waals surface area contributed by atoms with E-state index in [1.54, 1.807) is 7.05 Å². The SMILES string of the molecule is C=C(N=CN(C)N)OC. The van der Waals surface area contributed by atoms with Gasteiger partial charge in [-0.25, -0.2) is 10.8 Å². The minimum Gasteiger partial charge on any atom is -0.481 e. The molecule has 0 amide bonds. The van der Waals surface area contributed by atoms with Crippen LogP contribution in [0.2, 0.25) is 0 Å². The number of nitrogens with zero attached hydrogens (tertiary/aromatic N) is 2. The summed E-state index contributed by atoms with van der Waals surface area (Å²) in [7, 11) is 3.16. The van der Waals surface area contributed by atoms with Gasteiger partial charge in [-0.05, 0) is 6.58 Å². The van der Waals surface area contributed by atoms with Gasteiger partial charge in [0.25, 0.3) is 0 Å². The molecule has 0 aliphatic carbocycles. The second-order valence-electron chi connectivity index (χ2n) is 1.51. The van der Waals surface area contributed by atoms with Crippen LogP contribution in [-0.2, 0) is 4.74 Å². The summed E-state index contributed by atoms with van der Waals surface area (Å²) in [6.07, 6.45) is 1.41. The van der Waals surface area contributed by atoms with E-state index in [-0.39, 0.29) is 0 Å². The minimum atomic E-state index is 0.340. The van der Waals surface area contributed by atoms with Gasteiger partial charge in [0.1, 0.15) is 6.34 Å². The van der Waals surface area contributed by atoms with Gasteiger partial charge in [-0.15, -0.1) is 0 Å². The Morgan fingerprint density at radius 2 is 2.44 bits per heavy atom. The fraction of sp³-hybridized carbons (Fsp3) is 0.400. The van der Waals surface area contributed by atoms with Gasteiger partial charge in [0, 0.05) is 7.05 Å². The van der Waals surface area contributed by atoms with Gasteiger partial charge in [0.15, 0.2) is 0 Å². The van der Waals surface area contributed by atoms with Crippen molar-refractivity contribution in [3.05, 3.63) is 12.5 Å². The Morgan fingerprint density at radius 1 is 1.89 bits per heavy atom. The van der Waals surface area contributed by atoms with Crippen LogP contribution in [0.25, 0.3) is 0 Å². The third-order valence-corrected chi connectivity index (χ3v) is 0.619. The quantitative estimate of drug-likeness (QED) is 0.191. The van der Waals surface area contributed by atoms with Crippen LogP contribution < -0.4 is 5.84 Å². The molecule has 52 valence electrons. The zero-order valence-corrected chi connectivity index (χ0v) is 5.66. The van der Waals surface area contributed by atoms with Crippen molar-refractivity contribution in [1.82, 2.24) is 5.01 Å². The molecule has 0 saturated heterocycles. The number of hydrogen-bond donors (Lipinski definition) is 1. The molecule has 0 spiro atoms. The van der Waals surface area contributed by atoms with Gasteiger partial charge in [-0.3, -0.25) is 0 Å². The van der Waals surface area contributed by atoms with E-state index in [4.69, 9.17) is 5.84 Å². The summed E-state index contributed by atoms with van der Waals surface area (Å²) < 4.78 is 4.63. The largest absolute Gasteiger partial charge is 0.481 e. The van der Waals surface area contributed by atoms with Crippen LogP contribution >= 0.6 is 0 Å². The van der Waals surface area contributed by atoms with Crippen LogP contribution in [0, 0.1) is 0 Å². The highest BCUT2D eigenvalue weighted by Crippen LogP contribution is 1.88. The summed E-state index contributed by atoms with van der Waals surface area (Å²) in [6.45, 7) is 3.44. The van der Waals surface area contributed by atoms with Gasteiger partial charge in [-0.2, -0.15) is 0 Å². The van der Waals surface area contributed by atoms with Gasteiger partial charge in [0.05, 0.1) is 7.11 Å². The van der Waals surface area contributed by atoms with E-state index < -0.39 is 0 Å². The van der Waals surface area contributed by atoms with Crippen molar-refractivity contribution in [3.63, 3.8) is 0 Å². The Balaban J connectivity index is 3.57. The van der Waals surface area contributed by atoms with Crippen molar-refractivity contribution >= 4 is 6.34 Å². The highest BCUT2D eigenvalue weighted by Gasteiger charge is 1.81. The van der Waals surface area contributed by atoms with E-state index in [9.17, 15) is 0 Å². The molecule has 0 saturated carbocycles. The average Bonchev–Trinajstić information content (AvgIpc) is 1.83. The Morgan fingerprint density at radius 3 is 2.78 bits per heavy atom. The van der Waals surface area contributed by atoms with Crippen LogP contribution in [0.3, 0.4) is 0 Å². The normalized spacial score (nSPS) is 9.67. The molecule has 0 unspecified atom stereocenters. The van der Waals surface area contributed by atoms with E-state index >= 15 is 0 Å². The number of nitrogens with two attached hydrogens (primary N) is 1. The smallest absolute Gasteiger partial charge is 0.206 e. The summed E-state index contributed by atoms with van der Waals surface area (Å²) in [5.74, 6) is 5.52. The molecule has 0 radical (unpaired) electrons. The van der Waals surface area contributed by atoms with Crippen LogP contribution in [-0.4, -0.2) is 25.5 Å². The fourth-order valence-electron chi connectivity index (χ4n) is 0.208. The molecule has 4 heteroatoms. The molecular weight excluding hydrogens is 118 g/mol. The fourth-order valence-corrected chi connectivity index (χ4v) is 0.208. The van der Waals surface area contributed by atoms with Crippen molar-refractivity contribution in [1.29, 1.82) is 0 Å². The summed E-state index contributed by atoms with van der Waals surface area (Å²) in [4.78, 5) is 3.70. The molecule has 0 aromatic rings. The molecule has 0 aromatic carbocycles.